The molecule has 3 rings (SSSR count). The molecule has 0 radical (unpaired) electrons. The molecule has 0 amide bonds. The standard InChI is InChI=1S/C14H20N4O5S/c19-18(20)14-11-12(24(21,22)17-7-9-23-10-8-17)1-2-13(14)16-5-3-15-4-6-16/h1-2,11,15H,3-10H2/p+1. The number of hydrogen-bond donors (Lipinski definition) is 1. The summed E-state index contributed by atoms with van der Waals surface area (Å²) in [5.41, 5.74) is 0.320. The Labute approximate surface area is 140 Å². The predicted octanol–water partition coefficient (Wildman–Crippen LogP) is -1.00. The monoisotopic (exact) mass is 357 g/mol. The van der Waals surface area contributed by atoms with Gasteiger partial charge in [0.1, 0.15) is 5.69 Å². The van der Waals surface area contributed by atoms with Crippen LogP contribution in [0.4, 0.5) is 11.4 Å². The van der Waals surface area contributed by atoms with E-state index in [9.17, 15) is 18.5 Å². The van der Waals surface area contributed by atoms with Crippen molar-refractivity contribution in [1.82, 2.24) is 4.31 Å². The molecule has 2 N–H and O–H groups in total. The third-order valence-electron chi connectivity index (χ3n) is 4.30. The second kappa shape index (κ2) is 7.01. The quantitative estimate of drug-likeness (QED) is 0.547. The zero-order valence-corrected chi connectivity index (χ0v) is 14.1. The lowest BCUT2D eigenvalue weighted by Gasteiger charge is -2.28. The van der Waals surface area contributed by atoms with Gasteiger partial charge in [0, 0.05) is 19.2 Å². The van der Waals surface area contributed by atoms with Crippen LogP contribution in [0.2, 0.25) is 0 Å². The molecule has 2 aliphatic rings. The zero-order valence-electron chi connectivity index (χ0n) is 13.3. The number of nitrogens with two attached hydrogens (primary N) is 1. The van der Waals surface area contributed by atoms with Crippen LogP contribution in [0, 0.1) is 10.1 Å². The third-order valence-corrected chi connectivity index (χ3v) is 6.19. The van der Waals surface area contributed by atoms with Gasteiger partial charge in [-0.05, 0) is 12.1 Å². The number of piperazine rings is 1. The van der Waals surface area contributed by atoms with E-state index in [1.807, 2.05) is 4.90 Å². The molecule has 2 heterocycles. The third kappa shape index (κ3) is 3.36. The maximum Gasteiger partial charge on any atom is 0.293 e. The molecule has 1 aromatic carbocycles. The number of nitro benzene ring substituents is 1. The van der Waals surface area contributed by atoms with Crippen molar-refractivity contribution in [3.63, 3.8) is 0 Å². The number of hydrogen-bond acceptors (Lipinski definition) is 6. The summed E-state index contributed by atoms with van der Waals surface area (Å²) in [6.45, 7) is 4.34. The Bertz CT molecular complexity index is 712. The first-order chi connectivity index (χ1) is 11.5. The molecule has 0 aromatic heterocycles. The van der Waals surface area contributed by atoms with E-state index >= 15 is 0 Å². The van der Waals surface area contributed by atoms with E-state index in [4.69, 9.17) is 4.74 Å². The Balaban J connectivity index is 1.95. The number of ether oxygens (including phenoxy) is 1. The van der Waals surface area contributed by atoms with Crippen molar-refractivity contribution >= 4 is 21.4 Å². The van der Waals surface area contributed by atoms with Gasteiger partial charge in [-0.15, -0.1) is 0 Å². The van der Waals surface area contributed by atoms with Gasteiger partial charge in [-0.25, -0.2) is 8.42 Å². The number of quaternary nitrogens is 1. The van der Waals surface area contributed by atoms with Gasteiger partial charge in [-0.3, -0.25) is 10.1 Å². The molecule has 0 bridgehead atoms. The van der Waals surface area contributed by atoms with Crippen LogP contribution in [0.25, 0.3) is 0 Å². The van der Waals surface area contributed by atoms with Crippen molar-refractivity contribution in [2.75, 3.05) is 57.4 Å². The molecule has 9 nitrogen and oxygen atoms in total. The van der Waals surface area contributed by atoms with Gasteiger partial charge in [0.15, 0.2) is 0 Å². The highest BCUT2D eigenvalue weighted by atomic mass is 32.2. The first-order valence-electron chi connectivity index (χ1n) is 7.93. The maximum absolute atomic E-state index is 12.7. The molecule has 0 unspecified atom stereocenters. The number of nitrogens with zero attached hydrogens (tertiary/aromatic N) is 3. The van der Waals surface area contributed by atoms with Crippen LogP contribution in [0.5, 0.6) is 0 Å². The smallest absolute Gasteiger partial charge is 0.293 e. The van der Waals surface area contributed by atoms with Crippen molar-refractivity contribution in [3.8, 4) is 0 Å². The SMILES string of the molecule is O=[N+]([O-])c1cc(S(=O)(=O)N2CCOCC2)ccc1N1CC[NH2+]CC1. The number of nitro groups is 1. The van der Waals surface area contributed by atoms with Crippen molar-refractivity contribution in [3.05, 3.63) is 28.3 Å². The fraction of sp³-hybridized carbons (Fsp3) is 0.571. The Kier molecular flexibility index (Phi) is 4.99. The highest BCUT2D eigenvalue weighted by Gasteiger charge is 2.30. The minimum atomic E-state index is -3.74. The van der Waals surface area contributed by atoms with Gasteiger partial charge in [0.2, 0.25) is 10.0 Å². The Hall–Kier alpha value is -1.75. The van der Waals surface area contributed by atoms with Crippen molar-refractivity contribution in [2.45, 2.75) is 4.90 Å². The normalized spacial score (nSPS) is 20.1. The number of anilines is 1. The summed E-state index contributed by atoms with van der Waals surface area (Å²) < 4.78 is 31.8. The zero-order chi connectivity index (χ0) is 17.2. The van der Waals surface area contributed by atoms with Gasteiger partial charge in [0.05, 0.1) is 49.2 Å². The minimum Gasteiger partial charge on any atom is -0.379 e. The Morgan fingerprint density at radius 3 is 2.42 bits per heavy atom. The molecule has 1 aromatic rings. The van der Waals surface area contributed by atoms with Crippen molar-refractivity contribution in [1.29, 1.82) is 0 Å². The Morgan fingerprint density at radius 2 is 1.79 bits per heavy atom. The number of morpholine rings is 1. The number of rotatable bonds is 4. The fourth-order valence-electron chi connectivity index (χ4n) is 3.00. The van der Waals surface area contributed by atoms with Gasteiger partial charge in [-0.2, -0.15) is 4.31 Å². The highest BCUT2D eigenvalue weighted by Crippen LogP contribution is 2.32. The van der Waals surface area contributed by atoms with E-state index < -0.39 is 14.9 Å². The molecular formula is C14H21N4O5S+. The van der Waals surface area contributed by atoms with Gasteiger partial charge >= 0.3 is 0 Å². The Morgan fingerprint density at radius 1 is 1.12 bits per heavy atom. The van der Waals surface area contributed by atoms with Gasteiger partial charge < -0.3 is 15.0 Å². The summed E-state index contributed by atoms with van der Waals surface area (Å²) in [5.74, 6) is 0. The van der Waals surface area contributed by atoms with Crippen LogP contribution in [0.1, 0.15) is 0 Å². The first kappa shape index (κ1) is 17.1. The fourth-order valence-corrected chi connectivity index (χ4v) is 4.43. The molecule has 2 aliphatic heterocycles. The lowest BCUT2D eigenvalue weighted by Crippen LogP contribution is -2.89. The molecular weight excluding hydrogens is 336 g/mol. The largest absolute Gasteiger partial charge is 0.379 e. The molecule has 0 spiro atoms. The summed E-state index contributed by atoms with van der Waals surface area (Å²) in [5, 5.41) is 13.6. The number of benzene rings is 1. The second-order valence-corrected chi connectivity index (χ2v) is 7.72. The molecule has 0 saturated carbocycles. The van der Waals surface area contributed by atoms with Gasteiger partial charge in [0.25, 0.3) is 5.69 Å². The van der Waals surface area contributed by atoms with E-state index in [-0.39, 0.29) is 23.7 Å². The summed E-state index contributed by atoms with van der Waals surface area (Å²) in [6.07, 6.45) is 0. The van der Waals surface area contributed by atoms with Gasteiger partial charge in [-0.1, -0.05) is 0 Å². The summed E-state index contributed by atoms with van der Waals surface area (Å²) in [7, 11) is -3.74. The van der Waals surface area contributed by atoms with E-state index in [0.717, 1.165) is 13.1 Å². The minimum absolute atomic E-state index is 0.0385. The van der Waals surface area contributed by atoms with Crippen LogP contribution in [-0.4, -0.2) is 70.1 Å². The number of sulfonamides is 1. The topological polar surface area (TPSA) is 110 Å². The summed E-state index contributed by atoms with van der Waals surface area (Å²) in [6, 6.07) is 4.20. The highest BCUT2D eigenvalue weighted by molar-refractivity contribution is 7.89. The summed E-state index contributed by atoms with van der Waals surface area (Å²) >= 11 is 0. The lowest BCUT2D eigenvalue weighted by atomic mass is 10.2. The molecule has 10 heteroatoms. The van der Waals surface area contributed by atoms with E-state index in [1.165, 1.54) is 16.4 Å². The van der Waals surface area contributed by atoms with Crippen molar-refractivity contribution < 1.29 is 23.4 Å². The van der Waals surface area contributed by atoms with Crippen LogP contribution >= 0.6 is 0 Å². The maximum atomic E-state index is 12.7. The molecule has 0 aliphatic carbocycles. The molecule has 2 saturated heterocycles. The van der Waals surface area contributed by atoms with Crippen LogP contribution in [0.3, 0.4) is 0 Å². The van der Waals surface area contributed by atoms with E-state index in [1.54, 1.807) is 6.07 Å². The average molecular weight is 357 g/mol. The molecule has 0 atom stereocenters. The first-order valence-corrected chi connectivity index (χ1v) is 9.37. The lowest BCUT2D eigenvalue weighted by molar-refractivity contribution is -0.655. The van der Waals surface area contributed by atoms with Crippen LogP contribution < -0.4 is 10.2 Å². The molecule has 132 valence electrons. The van der Waals surface area contributed by atoms with Crippen LogP contribution in [-0.2, 0) is 14.8 Å². The predicted molar refractivity (Wildman–Crippen MR) is 86.5 cm³/mol. The molecule has 24 heavy (non-hydrogen) atoms. The molecule has 2 fully saturated rings. The second-order valence-electron chi connectivity index (χ2n) is 5.78. The van der Waals surface area contributed by atoms with Crippen LogP contribution in [0.15, 0.2) is 23.1 Å². The van der Waals surface area contributed by atoms with E-state index in [2.05, 4.69) is 5.32 Å². The summed E-state index contributed by atoms with van der Waals surface area (Å²) in [4.78, 5) is 12.8. The van der Waals surface area contributed by atoms with Crippen molar-refractivity contribution in [2.24, 2.45) is 0 Å². The average Bonchev–Trinajstić information content (AvgIpc) is 2.62. The van der Waals surface area contributed by atoms with E-state index in [0.29, 0.717) is 32.0 Å².